The number of anilines is 1. The van der Waals surface area contributed by atoms with Gasteiger partial charge < -0.3 is 5.11 Å². The second-order valence-electron chi connectivity index (χ2n) is 3.44. The van der Waals surface area contributed by atoms with Crippen molar-refractivity contribution in [3.63, 3.8) is 0 Å². The number of hydrogen-bond donors (Lipinski definition) is 2. The molecule has 6 nitrogen and oxygen atoms in total. The number of Topliss-reactive ketones (excluding diaryl/α,β-unsaturated/α-hetero) is 1. The Morgan fingerprint density at radius 2 is 2.22 bits per heavy atom. The van der Waals surface area contributed by atoms with E-state index in [9.17, 15) is 14.7 Å². The third kappa shape index (κ3) is 2.51. The Morgan fingerprint density at radius 1 is 1.44 bits per heavy atom. The molecule has 0 spiro atoms. The zero-order valence-electron chi connectivity index (χ0n) is 9.38. The number of carbonyl (C=O) groups is 2. The fourth-order valence-electron chi connectivity index (χ4n) is 1.24. The summed E-state index contributed by atoms with van der Waals surface area (Å²) >= 11 is 1.15. The predicted octanol–water partition coefficient (Wildman–Crippen LogP) is 1.70. The first-order valence-corrected chi connectivity index (χ1v) is 5.86. The number of pyridine rings is 1. The largest absolute Gasteiger partial charge is 0.505 e. The number of carbonyl (C=O) groups excluding carboxylic acids is 2. The van der Waals surface area contributed by atoms with Crippen LogP contribution < -0.4 is 5.32 Å². The summed E-state index contributed by atoms with van der Waals surface area (Å²) in [4.78, 5) is 30.5. The quantitative estimate of drug-likeness (QED) is 0.822. The van der Waals surface area contributed by atoms with Crippen molar-refractivity contribution in [2.24, 2.45) is 0 Å². The van der Waals surface area contributed by atoms with Crippen molar-refractivity contribution >= 4 is 28.2 Å². The van der Waals surface area contributed by atoms with E-state index in [1.807, 2.05) is 0 Å². The lowest BCUT2D eigenvalue weighted by atomic mass is 10.2. The highest BCUT2D eigenvalue weighted by atomic mass is 32.1. The molecule has 0 fully saturated rings. The van der Waals surface area contributed by atoms with Gasteiger partial charge in [0, 0.05) is 18.5 Å². The number of hydrogen-bond acceptors (Lipinski definition) is 6. The molecule has 7 heteroatoms. The van der Waals surface area contributed by atoms with E-state index in [1.165, 1.54) is 25.4 Å². The molecule has 0 aliphatic carbocycles. The summed E-state index contributed by atoms with van der Waals surface area (Å²) in [5, 5.41) is 13.8. The first-order chi connectivity index (χ1) is 8.58. The van der Waals surface area contributed by atoms with Gasteiger partial charge in [-0.25, -0.2) is 4.98 Å². The van der Waals surface area contributed by atoms with Gasteiger partial charge in [0.2, 0.25) is 0 Å². The fraction of sp³-hybridized carbons (Fsp3) is 0.0909. The van der Waals surface area contributed by atoms with Gasteiger partial charge in [-0.1, -0.05) is 0 Å². The maximum Gasteiger partial charge on any atom is 0.261 e. The maximum absolute atomic E-state index is 11.8. The van der Waals surface area contributed by atoms with Crippen molar-refractivity contribution in [3.05, 3.63) is 35.1 Å². The van der Waals surface area contributed by atoms with Crippen LogP contribution in [-0.2, 0) is 0 Å². The molecule has 0 atom stereocenters. The van der Waals surface area contributed by atoms with Crippen LogP contribution in [0.4, 0.5) is 5.13 Å². The van der Waals surface area contributed by atoms with E-state index in [1.54, 1.807) is 5.38 Å². The fourth-order valence-corrected chi connectivity index (χ4v) is 1.98. The molecular weight excluding hydrogens is 254 g/mol. The molecule has 1 amide bonds. The number of nitrogens with one attached hydrogen (secondary N) is 1. The van der Waals surface area contributed by atoms with Crippen LogP contribution in [0.3, 0.4) is 0 Å². The second kappa shape index (κ2) is 4.92. The van der Waals surface area contributed by atoms with Crippen LogP contribution in [0.15, 0.2) is 23.8 Å². The highest BCUT2D eigenvalue weighted by Crippen LogP contribution is 2.19. The molecule has 2 N–H and O–H groups in total. The van der Waals surface area contributed by atoms with Gasteiger partial charge in [0.1, 0.15) is 11.4 Å². The van der Waals surface area contributed by atoms with E-state index >= 15 is 0 Å². The molecule has 0 aromatic carbocycles. The summed E-state index contributed by atoms with van der Waals surface area (Å²) < 4.78 is 0. The first-order valence-electron chi connectivity index (χ1n) is 4.98. The topological polar surface area (TPSA) is 92.2 Å². The first kappa shape index (κ1) is 12.2. The third-order valence-corrected chi connectivity index (χ3v) is 2.89. The van der Waals surface area contributed by atoms with Crippen molar-refractivity contribution in [1.82, 2.24) is 9.97 Å². The zero-order chi connectivity index (χ0) is 13.1. The van der Waals surface area contributed by atoms with Crippen molar-refractivity contribution in [3.8, 4) is 5.75 Å². The molecule has 0 unspecified atom stereocenters. The van der Waals surface area contributed by atoms with Crippen molar-refractivity contribution in [1.29, 1.82) is 0 Å². The van der Waals surface area contributed by atoms with Crippen LogP contribution in [0.2, 0.25) is 0 Å². The molecule has 0 saturated heterocycles. The Hall–Kier alpha value is -2.28. The lowest BCUT2D eigenvalue weighted by Crippen LogP contribution is -2.12. The molecule has 2 aromatic rings. The van der Waals surface area contributed by atoms with Gasteiger partial charge in [0.05, 0.1) is 11.8 Å². The molecule has 0 bridgehead atoms. The van der Waals surface area contributed by atoms with Gasteiger partial charge in [-0.2, -0.15) is 0 Å². The number of aromatic nitrogens is 2. The number of aromatic hydroxyl groups is 1. The van der Waals surface area contributed by atoms with Crippen molar-refractivity contribution in [2.45, 2.75) is 6.92 Å². The van der Waals surface area contributed by atoms with Gasteiger partial charge in [0.25, 0.3) is 5.91 Å². The van der Waals surface area contributed by atoms with Gasteiger partial charge in [0.15, 0.2) is 10.9 Å². The molecule has 0 saturated carbocycles. The average Bonchev–Trinajstić information content (AvgIpc) is 2.78. The highest BCUT2D eigenvalue weighted by Gasteiger charge is 2.13. The molecule has 92 valence electrons. The Balaban J connectivity index is 2.16. The van der Waals surface area contributed by atoms with Crippen LogP contribution in [-0.4, -0.2) is 26.8 Å². The molecule has 0 aliphatic heterocycles. The van der Waals surface area contributed by atoms with Gasteiger partial charge in [-0.05, 0) is 6.07 Å². The third-order valence-electron chi connectivity index (χ3n) is 2.13. The summed E-state index contributed by atoms with van der Waals surface area (Å²) in [5.74, 6) is -0.879. The molecule has 0 radical (unpaired) electrons. The summed E-state index contributed by atoms with van der Waals surface area (Å²) in [6.07, 6.45) is 2.58. The Bertz CT molecular complexity index is 609. The van der Waals surface area contributed by atoms with Crippen molar-refractivity contribution in [2.75, 3.05) is 5.32 Å². The average molecular weight is 263 g/mol. The lowest BCUT2D eigenvalue weighted by molar-refractivity contribution is 0.100. The number of rotatable bonds is 3. The summed E-state index contributed by atoms with van der Waals surface area (Å²) in [6, 6.07) is 1.39. The minimum absolute atomic E-state index is 0.101. The standard InChI is InChI=1S/C11H9N3O3S/c1-6(15)8-5-18-11(13-8)14-10(17)7-2-3-12-4-9(7)16/h2-5,16H,1H3,(H,13,14,17). The smallest absolute Gasteiger partial charge is 0.261 e. The normalized spacial score (nSPS) is 10.1. The monoisotopic (exact) mass is 263 g/mol. The molecular formula is C11H9N3O3S. The molecule has 18 heavy (non-hydrogen) atoms. The highest BCUT2D eigenvalue weighted by molar-refractivity contribution is 7.14. The number of ketones is 1. The van der Waals surface area contributed by atoms with Crippen LogP contribution in [0.1, 0.15) is 27.8 Å². The van der Waals surface area contributed by atoms with Crippen LogP contribution >= 0.6 is 11.3 Å². The number of nitrogens with zero attached hydrogens (tertiary/aromatic N) is 2. The van der Waals surface area contributed by atoms with Gasteiger partial charge in [-0.15, -0.1) is 11.3 Å². The Kier molecular flexibility index (Phi) is 3.33. The number of amides is 1. The lowest BCUT2D eigenvalue weighted by Gasteiger charge is -2.02. The minimum atomic E-state index is -0.501. The van der Waals surface area contributed by atoms with Crippen LogP contribution in [0.5, 0.6) is 5.75 Å². The van der Waals surface area contributed by atoms with E-state index < -0.39 is 5.91 Å². The molecule has 2 rings (SSSR count). The minimum Gasteiger partial charge on any atom is -0.505 e. The maximum atomic E-state index is 11.8. The van der Waals surface area contributed by atoms with Gasteiger partial charge >= 0.3 is 0 Å². The number of thiazole rings is 1. The van der Waals surface area contributed by atoms with E-state index in [-0.39, 0.29) is 17.1 Å². The van der Waals surface area contributed by atoms with Crippen LogP contribution in [0, 0.1) is 0 Å². The zero-order valence-corrected chi connectivity index (χ0v) is 10.2. The molecule has 0 aliphatic rings. The van der Waals surface area contributed by atoms with Crippen LogP contribution in [0.25, 0.3) is 0 Å². The van der Waals surface area contributed by atoms with E-state index in [0.29, 0.717) is 10.8 Å². The summed E-state index contributed by atoms with van der Waals surface area (Å²) in [6.45, 7) is 1.40. The van der Waals surface area contributed by atoms with Gasteiger partial charge in [-0.3, -0.25) is 19.9 Å². The van der Waals surface area contributed by atoms with Crippen molar-refractivity contribution < 1.29 is 14.7 Å². The summed E-state index contributed by atoms with van der Waals surface area (Å²) in [5.41, 5.74) is 0.402. The van der Waals surface area contributed by atoms with E-state index in [0.717, 1.165) is 11.3 Å². The summed E-state index contributed by atoms with van der Waals surface area (Å²) in [7, 11) is 0. The van der Waals surface area contributed by atoms with E-state index in [4.69, 9.17) is 0 Å². The molecule has 2 heterocycles. The second-order valence-corrected chi connectivity index (χ2v) is 4.30. The predicted molar refractivity (Wildman–Crippen MR) is 66.0 cm³/mol. The Morgan fingerprint density at radius 3 is 2.83 bits per heavy atom. The molecule has 2 aromatic heterocycles. The SMILES string of the molecule is CC(=O)c1csc(NC(=O)c2ccncc2O)n1. The van der Waals surface area contributed by atoms with E-state index in [2.05, 4.69) is 15.3 Å². The Labute approximate surface area is 106 Å².